The Hall–Kier alpha value is -1.85. The summed E-state index contributed by atoms with van der Waals surface area (Å²) in [6.07, 6.45) is 3.35. The molecule has 0 aliphatic carbocycles. The highest BCUT2D eigenvalue weighted by Gasteiger charge is 2.13. The molecule has 0 aliphatic heterocycles. The zero-order chi connectivity index (χ0) is 15.2. The van der Waals surface area contributed by atoms with Crippen molar-refractivity contribution in [3.63, 3.8) is 0 Å². The zero-order valence-corrected chi connectivity index (χ0v) is 13.0. The topological polar surface area (TPSA) is 75.9 Å². The van der Waals surface area contributed by atoms with E-state index in [9.17, 15) is 0 Å². The van der Waals surface area contributed by atoms with Gasteiger partial charge in [-0.15, -0.1) is 0 Å². The minimum Gasteiger partial charge on any atom is -0.363 e. The Morgan fingerprint density at radius 1 is 1.19 bits per heavy atom. The molecule has 0 bridgehead atoms. The van der Waals surface area contributed by atoms with Crippen LogP contribution in [0, 0.1) is 0 Å². The van der Waals surface area contributed by atoms with Gasteiger partial charge in [0.2, 0.25) is 0 Å². The highest BCUT2D eigenvalue weighted by atomic mass is 35.5. The van der Waals surface area contributed by atoms with Gasteiger partial charge in [0.25, 0.3) is 0 Å². The van der Waals surface area contributed by atoms with E-state index < -0.39 is 0 Å². The molecule has 0 fully saturated rings. The predicted octanol–water partition coefficient (Wildman–Crippen LogP) is 3.54. The van der Waals surface area contributed by atoms with E-state index >= 15 is 0 Å². The molecule has 1 atom stereocenters. The fourth-order valence-electron chi connectivity index (χ4n) is 2.19. The zero-order valence-electron chi connectivity index (χ0n) is 12.2. The third-order valence-corrected chi connectivity index (χ3v) is 3.56. The Labute approximate surface area is 129 Å². The van der Waals surface area contributed by atoms with Gasteiger partial charge in [0.1, 0.15) is 18.0 Å². The number of anilines is 2. The van der Waals surface area contributed by atoms with Crippen LogP contribution in [0.2, 0.25) is 5.02 Å². The Morgan fingerprint density at radius 2 is 1.86 bits per heavy atom. The van der Waals surface area contributed by atoms with Crippen molar-refractivity contribution < 1.29 is 0 Å². The van der Waals surface area contributed by atoms with Crippen molar-refractivity contribution in [2.75, 3.05) is 10.7 Å². The second-order valence-corrected chi connectivity index (χ2v) is 5.30. The maximum atomic E-state index is 5.92. The Morgan fingerprint density at radius 3 is 2.48 bits per heavy atom. The Balaban J connectivity index is 2.24. The number of aromatic nitrogens is 2. The van der Waals surface area contributed by atoms with E-state index in [0.717, 1.165) is 34.8 Å². The molecule has 5 nitrogen and oxygen atoms in total. The summed E-state index contributed by atoms with van der Waals surface area (Å²) >= 11 is 5.92. The fourth-order valence-corrected chi connectivity index (χ4v) is 2.31. The second kappa shape index (κ2) is 7.24. The third kappa shape index (κ3) is 3.83. The van der Waals surface area contributed by atoms with Crippen LogP contribution in [0.15, 0.2) is 30.6 Å². The van der Waals surface area contributed by atoms with Crippen LogP contribution < -0.4 is 16.6 Å². The molecule has 0 radical (unpaired) electrons. The van der Waals surface area contributed by atoms with Gasteiger partial charge in [-0.25, -0.2) is 15.8 Å². The van der Waals surface area contributed by atoms with E-state index in [0.29, 0.717) is 5.82 Å². The quantitative estimate of drug-likeness (QED) is 0.562. The molecule has 0 spiro atoms. The molecule has 0 saturated carbocycles. The lowest BCUT2D eigenvalue weighted by Crippen LogP contribution is -2.15. The van der Waals surface area contributed by atoms with Crippen LogP contribution in [0.3, 0.4) is 0 Å². The molecule has 6 heteroatoms. The number of nitrogen functional groups attached to an aromatic ring is 1. The van der Waals surface area contributed by atoms with E-state index in [4.69, 9.17) is 17.4 Å². The largest absolute Gasteiger partial charge is 0.363 e. The van der Waals surface area contributed by atoms with Crippen LogP contribution in [0.1, 0.15) is 37.4 Å². The maximum absolute atomic E-state index is 5.92. The summed E-state index contributed by atoms with van der Waals surface area (Å²) < 4.78 is 0. The van der Waals surface area contributed by atoms with Gasteiger partial charge in [-0.1, -0.05) is 37.1 Å². The van der Waals surface area contributed by atoms with Crippen molar-refractivity contribution in [3.05, 3.63) is 46.7 Å². The summed E-state index contributed by atoms with van der Waals surface area (Å²) in [6.45, 7) is 4.19. The van der Waals surface area contributed by atoms with Crippen molar-refractivity contribution in [3.8, 4) is 0 Å². The normalized spacial score (nSPS) is 12.0. The van der Waals surface area contributed by atoms with Crippen LogP contribution in [0.25, 0.3) is 0 Å². The number of hydrogen-bond acceptors (Lipinski definition) is 5. The number of rotatable bonds is 6. The van der Waals surface area contributed by atoms with E-state index in [1.165, 1.54) is 6.33 Å². The van der Waals surface area contributed by atoms with Gasteiger partial charge in [0, 0.05) is 16.6 Å². The average molecular weight is 306 g/mol. The highest BCUT2D eigenvalue weighted by molar-refractivity contribution is 6.30. The number of benzene rings is 1. The molecule has 4 N–H and O–H groups in total. The van der Waals surface area contributed by atoms with E-state index in [1.54, 1.807) is 0 Å². The van der Waals surface area contributed by atoms with Crippen molar-refractivity contribution in [1.82, 2.24) is 9.97 Å². The van der Waals surface area contributed by atoms with Crippen LogP contribution in [-0.2, 0) is 6.42 Å². The summed E-state index contributed by atoms with van der Waals surface area (Å²) in [6, 6.07) is 7.88. The first kappa shape index (κ1) is 15.5. The van der Waals surface area contributed by atoms with Crippen molar-refractivity contribution in [1.29, 1.82) is 0 Å². The standard InChI is InChI=1S/C15H20ClN5/c1-3-4-13-14(18-9-19-15(13)21-17)20-10(2)11-5-7-12(16)8-6-11/h5-10H,3-4,17H2,1-2H3,(H2,18,19,20,21). The molecule has 0 amide bonds. The van der Waals surface area contributed by atoms with Crippen LogP contribution in [0.5, 0.6) is 0 Å². The minimum absolute atomic E-state index is 0.110. The average Bonchev–Trinajstić information content (AvgIpc) is 2.49. The predicted molar refractivity (Wildman–Crippen MR) is 87.3 cm³/mol. The number of halogens is 1. The first-order valence-corrected chi connectivity index (χ1v) is 7.36. The number of nitrogens with one attached hydrogen (secondary N) is 2. The molecule has 1 aromatic carbocycles. The number of nitrogens with zero attached hydrogens (tertiary/aromatic N) is 2. The highest BCUT2D eigenvalue weighted by Crippen LogP contribution is 2.25. The number of hydrogen-bond donors (Lipinski definition) is 3. The SMILES string of the molecule is CCCc1c(NN)ncnc1NC(C)c1ccc(Cl)cc1. The molecule has 112 valence electrons. The monoisotopic (exact) mass is 305 g/mol. The number of nitrogens with two attached hydrogens (primary N) is 1. The van der Waals surface area contributed by atoms with Crippen LogP contribution in [0.4, 0.5) is 11.6 Å². The minimum atomic E-state index is 0.110. The van der Waals surface area contributed by atoms with Crippen LogP contribution >= 0.6 is 11.6 Å². The van der Waals surface area contributed by atoms with Crippen LogP contribution in [-0.4, -0.2) is 9.97 Å². The maximum Gasteiger partial charge on any atom is 0.148 e. The van der Waals surface area contributed by atoms with Gasteiger partial charge in [0.15, 0.2) is 0 Å². The molecule has 1 heterocycles. The molecule has 0 saturated heterocycles. The third-order valence-electron chi connectivity index (χ3n) is 3.31. The molecule has 2 aromatic rings. The first-order valence-electron chi connectivity index (χ1n) is 6.98. The Bertz CT molecular complexity index is 585. The summed E-state index contributed by atoms with van der Waals surface area (Å²) in [5.41, 5.74) is 4.78. The van der Waals surface area contributed by atoms with Gasteiger partial charge in [0.05, 0.1) is 0 Å². The fraction of sp³-hybridized carbons (Fsp3) is 0.333. The molecule has 2 rings (SSSR count). The summed E-state index contributed by atoms with van der Waals surface area (Å²) in [4.78, 5) is 8.51. The van der Waals surface area contributed by atoms with E-state index in [-0.39, 0.29) is 6.04 Å². The lowest BCUT2D eigenvalue weighted by Gasteiger charge is -2.18. The smallest absolute Gasteiger partial charge is 0.148 e. The Kier molecular flexibility index (Phi) is 5.36. The van der Waals surface area contributed by atoms with Gasteiger partial charge in [-0.3, -0.25) is 0 Å². The molecule has 0 aliphatic rings. The van der Waals surface area contributed by atoms with Gasteiger partial charge < -0.3 is 10.7 Å². The summed E-state index contributed by atoms with van der Waals surface area (Å²) in [5, 5.41) is 4.15. The second-order valence-electron chi connectivity index (χ2n) is 4.86. The summed E-state index contributed by atoms with van der Waals surface area (Å²) in [5.74, 6) is 7.00. The first-order chi connectivity index (χ1) is 10.2. The molecule has 1 unspecified atom stereocenters. The van der Waals surface area contributed by atoms with E-state index in [2.05, 4.69) is 34.6 Å². The van der Waals surface area contributed by atoms with Crippen molar-refractivity contribution in [2.45, 2.75) is 32.7 Å². The molecular weight excluding hydrogens is 286 g/mol. The molecule has 21 heavy (non-hydrogen) atoms. The van der Waals surface area contributed by atoms with Gasteiger partial charge in [-0.05, 0) is 31.0 Å². The lowest BCUT2D eigenvalue weighted by molar-refractivity contribution is 0.847. The van der Waals surface area contributed by atoms with Crippen molar-refractivity contribution >= 4 is 23.2 Å². The lowest BCUT2D eigenvalue weighted by atomic mass is 10.1. The van der Waals surface area contributed by atoms with Gasteiger partial charge >= 0.3 is 0 Å². The van der Waals surface area contributed by atoms with Crippen molar-refractivity contribution in [2.24, 2.45) is 5.84 Å². The molecule has 1 aromatic heterocycles. The number of hydrazine groups is 1. The summed E-state index contributed by atoms with van der Waals surface area (Å²) in [7, 11) is 0. The molecular formula is C15H20ClN5. The van der Waals surface area contributed by atoms with Gasteiger partial charge in [-0.2, -0.15) is 0 Å². The van der Waals surface area contributed by atoms with E-state index in [1.807, 2.05) is 24.3 Å².